The van der Waals surface area contributed by atoms with Gasteiger partial charge in [-0.25, -0.2) is 0 Å². The van der Waals surface area contributed by atoms with E-state index in [2.05, 4.69) is 29.7 Å². The van der Waals surface area contributed by atoms with Crippen LogP contribution in [0.25, 0.3) is 0 Å². The lowest BCUT2D eigenvalue weighted by molar-refractivity contribution is -0.119. The second kappa shape index (κ2) is 8.34. The minimum absolute atomic E-state index is 0.00478. The first kappa shape index (κ1) is 17.0. The quantitative estimate of drug-likeness (QED) is 0.736. The van der Waals surface area contributed by atoms with Crippen LogP contribution in [0, 0.1) is 6.92 Å². The topological polar surface area (TPSA) is 61.4 Å². The Morgan fingerprint density at radius 1 is 1.17 bits per heavy atom. The standard InChI is InChI=1S/C19H24N2O2/c1-14-6-3-4-8-17(14)10-15(2)21-19(23)12-20-18-9-5-7-16(11-18)13-22/h3-9,11,15,20,22H,10,12-13H2,1-2H3,(H,21,23). The van der Waals surface area contributed by atoms with Crippen LogP contribution in [0.3, 0.4) is 0 Å². The van der Waals surface area contributed by atoms with Crippen molar-refractivity contribution in [2.75, 3.05) is 11.9 Å². The van der Waals surface area contributed by atoms with E-state index in [0.717, 1.165) is 17.7 Å². The van der Waals surface area contributed by atoms with E-state index < -0.39 is 0 Å². The van der Waals surface area contributed by atoms with Gasteiger partial charge in [0, 0.05) is 11.7 Å². The van der Waals surface area contributed by atoms with Crippen molar-refractivity contribution in [3.63, 3.8) is 0 Å². The maximum Gasteiger partial charge on any atom is 0.239 e. The third-order valence-electron chi connectivity index (χ3n) is 3.76. The van der Waals surface area contributed by atoms with Crippen LogP contribution >= 0.6 is 0 Å². The van der Waals surface area contributed by atoms with Crippen LogP contribution < -0.4 is 10.6 Å². The molecule has 122 valence electrons. The highest BCUT2D eigenvalue weighted by atomic mass is 16.3. The van der Waals surface area contributed by atoms with Crippen LogP contribution in [0.5, 0.6) is 0 Å². The van der Waals surface area contributed by atoms with Gasteiger partial charge in [0.1, 0.15) is 0 Å². The summed E-state index contributed by atoms with van der Waals surface area (Å²) in [5.41, 5.74) is 4.15. The summed E-state index contributed by atoms with van der Waals surface area (Å²) in [6, 6.07) is 15.7. The number of rotatable bonds is 7. The Bertz CT molecular complexity index is 655. The lowest BCUT2D eigenvalue weighted by atomic mass is 10.0. The Labute approximate surface area is 137 Å². The van der Waals surface area contributed by atoms with E-state index in [1.807, 2.05) is 43.3 Å². The fraction of sp³-hybridized carbons (Fsp3) is 0.316. The first-order valence-electron chi connectivity index (χ1n) is 7.86. The number of aliphatic hydroxyl groups excluding tert-OH is 1. The van der Waals surface area contributed by atoms with Gasteiger partial charge in [0.15, 0.2) is 0 Å². The molecule has 0 saturated carbocycles. The molecule has 3 N–H and O–H groups in total. The van der Waals surface area contributed by atoms with E-state index >= 15 is 0 Å². The predicted molar refractivity (Wildman–Crippen MR) is 93.3 cm³/mol. The van der Waals surface area contributed by atoms with Crippen molar-refractivity contribution in [2.24, 2.45) is 0 Å². The van der Waals surface area contributed by atoms with Crippen LogP contribution in [0.2, 0.25) is 0 Å². The summed E-state index contributed by atoms with van der Waals surface area (Å²) in [6.45, 7) is 4.30. The van der Waals surface area contributed by atoms with E-state index in [-0.39, 0.29) is 25.1 Å². The summed E-state index contributed by atoms with van der Waals surface area (Å²) < 4.78 is 0. The van der Waals surface area contributed by atoms with Crippen molar-refractivity contribution >= 4 is 11.6 Å². The zero-order valence-electron chi connectivity index (χ0n) is 13.7. The van der Waals surface area contributed by atoms with Gasteiger partial charge in [0.2, 0.25) is 5.91 Å². The molecule has 2 rings (SSSR count). The number of aliphatic hydroxyl groups is 1. The lowest BCUT2D eigenvalue weighted by Crippen LogP contribution is -2.37. The fourth-order valence-corrected chi connectivity index (χ4v) is 2.51. The van der Waals surface area contributed by atoms with E-state index in [1.54, 1.807) is 0 Å². The molecule has 0 fully saturated rings. The Morgan fingerprint density at radius 2 is 1.96 bits per heavy atom. The lowest BCUT2D eigenvalue weighted by Gasteiger charge is -2.16. The van der Waals surface area contributed by atoms with Crippen LogP contribution in [-0.4, -0.2) is 23.6 Å². The average Bonchev–Trinajstić information content (AvgIpc) is 2.55. The van der Waals surface area contributed by atoms with E-state index in [0.29, 0.717) is 0 Å². The molecular formula is C19H24N2O2. The molecule has 2 aromatic rings. The molecule has 4 nitrogen and oxygen atoms in total. The highest BCUT2D eigenvalue weighted by Crippen LogP contribution is 2.11. The number of benzene rings is 2. The van der Waals surface area contributed by atoms with Crippen LogP contribution in [0.4, 0.5) is 5.69 Å². The van der Waals surface area contributed by atoms with Crippen LogP contribution in [0.15, 0.2) is 48.5 Å². The van der Waals surface area contributed by atoms with Gasteiger partial charge in [-0.2, -0.15) is 0 Å². The first-order valence-corrected chi connectivity index (χ1v) is 7.86. The fourth-order valence-electron chi connectivity index (χ4n) is 2.51. The van der Waals surface area contributed by atoms with Gasteiger partial charge in [-0.15, -0.1) is 0 Å². The van der Waals surface area contributed by atoms with Crippen molar-refractivity contribution < 1.29 is 9.90 Å². The SMILES string of the molecule is Cc1ccccc1CC(C)NC(=O)CNc1cccc(CO)c1. The van der Waals surface area contributed by atoms with Crippen molar-refractivity contribution in [1.29, 1.82) is 0 Å². The van der Waals surface area contributed by atoms with Crippen LogP contribution in [0.1, 0.15) is 23.6 Å². The summed E-state index contributed by atoms with van der Waals surface area (Å²) in [5, 5.41) is 15.2. The number of carbonyl (C=O) groups excluding carboxylic acids is 1. The van der Waals surface area contributed by atoms with Crippen LogP contribution in [-0.2, 0) is 17.8 Å². The second-order valence-corrected chi connectivity index (χ2v) is 5.81. The number of aryl methyl sites for hydroxylation is 1. The molecule has 0 bridgehead atoms. The molecule has 4 heteroatoms. The molecule has 0 heterocycles. The average molecular weight is 312 g/mol. The molecule has 0 saturated heterocycles. The molecule has 1 amide bonds. The predicted octanol–water partition coefficient (Wildman–Crippen LogP) is 2.65. The Hall–Kier alpha value is -2.33. The number of amides is 1. The smallest absolute Gasteiger partial charge is 0.239 e. The molecule has 2 aromatic carbocycles. The van der Waals surface area contributed by atoms with Gasteiger partial charge in [-0.1, -0.05) is 36.4 Å². The van der Waals surface area contributed by atoms with E-state index in [1.165, 1.54) is 11.1 Å². The second-order valence-electron chi connectivity index (χ2n) is 5.81. The molecule has 0 spiro atoms. The summed E-state index contributed by atoms with van der Waals surface area (Å²) in [5.74, 6) is -0.0412. The third-order valence-corrected chi connectivity index (χ3v) is 3.76. The zero-order chi connectivity index (χ0) is 16.7. The first-order chi connectivity index (χ1) is 11.1. The summed E-state index contributed by atoms with van der Waals surface area (Å²) in [7, 11) is 0. The number of nitrogens with one attached hydrogen (secondary N) is 2. The van der Waals surface area contributed by atoms with Crippen molar-refractivity contribution in [3.8, 4) is 0 Å². The van der Waals surface area contributed by atoms with Gasteiger partial charge in [0.05, 0.1) is 13.2 Å². The molecular weight excluding hydrogens is 288 g/mol. The molecule has 1 unspecified atom stereocenters. The normalized spacial score (nSPS) is 11.8. The summed E-state index contributed by atoms with van der Waals surface area (Å²) in [6.07, 6.45) is 0.818. The largest absolute Gasteiger partial charge is 0.392 e. The number of carbonyl (C=O) groups is 1. The van der Waals surface area contributed by atoms with Crippen molar-refractivity contribution in [1.82, 2.24) is 5.32 Å². The van der Waals surface area contributed by atoms with Gasteiger partial charge >= 0.3 is 0 Å². The molecule has 1 atom stereocenters. The number of hydrogen-bond donors (Lipinski definition) is 3. The van der Waals surface area contributed by atoms with Gasteiger partial charge in [-0.05, 0) is 49.1 Å². The molecule has 0 aliphatic rings. The summed E-state index contributed by atoms with van der Waals surface area (Å²) in [4.78, 5) is 12.0. The maximum absolute atomic E-state index is 12.0. The Morgan fingerprint density at radius 3 is 2.70 bits per heavy atom. The highest BCUT2D eigenvalue weighted by Gasteiger charge is 2.09. The van der Waals surface area contributed by atoms with Gasteiger partial charge in [-0.3, -0.25) is 4.79 Å². The third kappa shape index (κ3) is 5.42. The highest BCUT2D eigenvalue weighted by molar-refractivity contribution is 5.81. The van der Waals surface area contributed by atoms with E-state index in [9.17, 15) is 4.79 Å². The monoisotopic (exact) mass is 312 g/mol. The molecule has 0 aliphatic heterocycles. The molecule has 0 radical (unpaired) electrons. The molecule has 0 aliphatic carbocycles. The number of anilines is 1. The van der Waals surface area contributed by atoms with Gasteiger partial charge in [0.25, 0.3) is 0 Å². The Kier molecular flexibility index (Phi) is 6.18. The molecule has 0 aromatic heterocycles. The van der Waals surface area contributed by atoms with Crippen molar-refractivity contribution in [2.45, 2.75) is 32.9 Å². The Balaban J connectivity index is 1.81. The van der Waals surface area contributed by atoms with Gasteiger partial charge < -0.3 is 15.7 Å². The minimum Gasteiger partial charge on any atom is -0.392 e. The molecule has 23 heavy (non-hydrogen) atoms. The van der Waals surface area contributed by atoms with E-state index in [4.69, 9.17) is 5.11 Å². The minimum atomic E-state index is -0.0412. The zero-order valence-corrected chi connectivity index (χ0v) is 13.7. The number of hydrogen-bond acceptors (Lipinski definition) is 3. The van der Waals surface area contributed by atoms with Crippen molar-refractivity contribution in [3.05, 3.63) is 65.2 Å². The maximum atomic E-state index is 12.0. The summed E-state index contributed by atoms with van der Waals surface area (Å²) >= 11 is 0.